The third-order valence-electron chi connectivity index (χ3n) is 4.03. The average molecular weight is 374 g/mol. The third-order valence-corrected chi connectivity index (χ3v) is 4.27. The van der Waals surface area contributed by atoms with Crippen LogP contribution in [0.5, 0.6) is 5.75 Å². The summed E-state index contributed by atoms with van der Waals surface area (Å²) >= 11 is 6.12. The molecule has 0 aliphatic carbocycles. The fourth-order valence-corrected chi connectivity index (χ4v) is 2.93. The summed E-state index contributed by atoms with van der Waals surface area (Å²) in [5, 5.41) is 1.53. The van der Waals surface area contributed by atoms with Gasteiger partial charge in [-0.25, -0.2) is 0 Å². The van der Waals surface area contributed by atoms with Crippen LogP contribution in [0.1, 0.15) is 30.4 Å². The number of amides is 2. The van der Waals surface area contributed by atoms with Crippen molar-refractivity contribution < 1.29 is 19.2 Å². The van der Waals surface area contributed by atoms with Gasteiger partial charge >= 0.3 is 0 Å². The smallest absolute Gasteiger partial charge is 0.253 e. The third kappa shape index (κ3) is 4.84. The molecule has 1 aliphatic heterocycles. The summed E-state index contributed by atoms with van der Waals surface area (Å²) in [4.78, 5) is 28.2. The van der Waals surface area contributed by atoms with Crippen molar-refractivity contribution in [2.24, 2.45) is 0 Å². The maximum absolute atomic E-state index is 11.5. The van der Waals surface area contributed by atoms with E-state index in [0.717, 1.165) is 22.8 Å². The van der Waals surface area contributed by atoms with E-state index >= 15 is 0 Å². The zero-order valence-electron chi connectivity index (χ0n) is 14.3. The van der Waals surface area contributed by atoms with Gasteiger partial charge in [0.2, 0.25) is 0 Å². The maximum atomic E-state index is 11.5. The molecule has 1 saturated heterocycles. The molecular formula is C20H20ClNO4. The summed E-state index contributed by atoms with van der Waals surface area (Å²) in [7, 11) is 0. The van der Waals surface area contributed by atoms with Gasteiger partial charge in [-0.05, 0) is 29.3 Å². The van der Waals surface area contributed by atoms with Crippen LogP contribution in [0.3, 0.4) is 0 Å². The number of carbonyl (C=O) groups excluding carboxylic acids is 2. The van der Waals surface area contributed by atoms with Crippen molar-refractivity contribution >= 4 is 23.4 Å². The highest BCUT2D eigenvalue weighted by Crippen LogP contribution is 2.25. The van der Waals surface area contributed by atoms with Crippen LogP contribution in [-0.2, 0) is 20.8 Å². The molecule has 1 heterocycles. The Morgan fingerprint density at radius 2 is 1.69 bits per heavy atom. The Morgan fingerprint density at radius 1 is 0.962 bits per heavy atom. The number of hydrogen-bond acceptors (Lipinski definition) is 4. The quantitative estimate of drug-likeness (QED) is 0.522. The summed E-state index contributed by atoms with van der Waals surface area (Å²) in [5.41, 5.74) is 2.18. The van der Waals surface area contributed by atoms with Crippen LogP contribution < -0.4 is 4.74 Å². The Kier molecular flexibility index (Phi) is 6.26. The maximum Gasteiger partial charge on any atom is 0.253 e. The van der Waals surface area contributed by atoms with Gasteiger partial charge in [-0.1, -0.05) is 41.9 Å². The first-order valence-corrected chi connectivity index (χ1v) is 8.95. The molecule has 2 amide bonds. The van der Waals surface area contributed by atoms with Crippen molar-refractivity contribution in [1.29, 1.82) is 0 Å². The zero-order valence-corrected chi connectivity index (χ0v) is 15.1. The highest BCUT2D eigenvalue weighted by molar-refractivity contribution is 6.30. The molecule has 6 heteroatoms. The van der Waals surface area contributed by atoms with Crippen LogP contribution in [0, 0.1) is 0 Å². The molecule has 2 aromatic carbocycles. The molecule has 0 spiro atoms. The summed E-state index contributed by atoms with van der Waals surface area (Å²) in [6.45, 7) is 0.665. The van der Waals surface area contributed by atoms with Gasteiger partial charge in [-0.3, -0.25) is 14.4 Å². The van der Waals surface area contributed by atoms with E-state index in [0.29, 0.717) is 18.1 Å². The average Bonchev–Trinajstić information content (AvgIpc) is 2.96. The zero-order chi connectivity index (χ0) is 18.4. The lowest BCUT2D eigenvalue weighted by molar-refractivity contribution is -0.188. The summed E-state index contributed by atoms with van der Waals surface area (Å²) < 4.78 is 5.86. The number of hydrogen-bond donors (Lipinski definition) is 0. The predicted octanol–water partition coefficient (Wildman–Crippen LogP) is 3.78. The van der Waals surface area contributed by atoms with E-state index in [-0.39, 0.29) is 31.3 Å². The first-order chi connectivity index (χ1) is 12.6. The molecule has 26 heavy (non-hydrogen) atoms. The van der Waals surface area contributed by atoms with Crippen LogP contribution in [0.25, 0.3) is 0 Å². The molecule has 0 saturated carbocycles. The lowest BCUT2D eigenvalue weighted by Gasteiger charge is -2.14. The van der Waals surface area contributed by atoms with E-state index in [1.165, 1.54) is 5.56 Å². The Bertz CT molecular complexity index is 763. The van der Waals surface area contributed by atoms with Gasteiger partial charge in [0.25, 0.3) is 11.8 Å². The Hall–Kier alpha value is -2.37. The number of imide groups is 1. The molecule has 5 nitrogen and oxygen atoms in total. The molecule has 1 aliphatic rings. The summed E-state index contributed by atoms with van der Waals surface area (Å²) in [6.07, 6.45) is 1.74. The Balaban J connectivity index is 1.51. The van der Waals surface area contributed by atoms with Gasteiger partial charge in [-0.15, -0.1) is 0 Å². The monoisotopic (exact) mass is 373 g/mol. The molecule has 0 atom stereocenters. The van der Waals surface area contributed by atoms with Crippen molar-refractivity contribution in [3.8, 4) is 5.75 Å². The topological polar surface area (TPSA) is 55.8 Å². The number of nitrogens with zero attached hydrogens (tertiary/aromatic N) is 1. The van der Waals surface area contributed by atoms with Gasteiger partial charge in [0.15, 0.2) is 0 Å². The second-order valence-electron chi connectivity index (χ2n) is 6.03. The molecule has 0 unspecified atom stereocenters. The second kappa shape index (κ2) is 8.83. The molecule has 0 bridgehead atoms. The fraction of sp³-hybridized carbons (Fsp3) is 0.300. The van der Waals surface area contributed by atoms with Crippen molar-refractivity contribution in [3.05, 3.63) is 64.7 Å². The first-order valence-electron chi connectivity index (χ1n) is 8.57. The molecule has 136 valence electrons. The lowest BCUT2D eigenvalue weighted by Crippen LogP contribution is -2.30. The molecule has 1 fully saturated rings. The van der Waals surface area contributed by atoms with Crippen LogP contribution in [-0.4, -0.2) is 30.1 Å². The highest BCUT2D eigenvalue weighted by atomic mass is 35.5. The van der Waals surface area contributed by atoms with Crippen LogP contribution >= 0.6 is 11.6 Å². The number of halogens is 1. The van der Waals surface area contributed by atoms with E-state index in [4.69, 9.17) is 21.2 Å². The van der Waals surface area contributed by atoms with E-state index in [1.54, 1.807) is 6.07 Å². The van der Waals surface area contributed by atoms with Gasteiger partial charge in [0.1, 0.15) is 5.75 Å². The number of carbonyl (C=O) groups is 2. The Labute approximate surface area is 157 Å². The minimum absolute atomic E-state index is 0.225. The van der Waals surface area contributed by atoms with Crippen molar-refractivity contribution in [3.63, 3.8) is 0 Å². The number of ether oxygens (including phenoxy) is 1. The Morgan fingerprint density at radius 3 is 2.42 bits per heavy atom. The number of hydroxylamine groups is 2. The summed E-state index contributed by atoms with van der Waals surface area (Å²) in [6, 6.07) is 15.7. The fourth-order valence-electron chi connectivity index (χ4n) is 2.74. The van der Waals surface area contributed by atoms with Gasteiger partial charge in [0, 0.05) is 30.7 Å². The van der Waals surface area contributed by atoms with E-state index < -0.39 is 0 Å². The van der Waals surface area contributed by atoms with Gasteiger partial charge in [-0.2, -0.15) is 5.06 Å². The normalized spacial score (nSPS) is 14.1. The lowest BCUT2D eigenvalue weighted by atomic mass is 10.0. The highest BCUT2D eigenvalue weighted by Gasteiger charge is 2.29. The molecule has 0 radical (unpaired) electrons. The van der Waals surface area contributed by atoms with E-state index in [9.17, 15) is 9.59 Å². The second-order valence-corrected chi connectivity index (χ2v) is 6.47. The molecular weight excluding hydrogens is 354 g/mol. The van der Waals surface area contributed by atoms with Crippen LogP contribution in [0.4, 0.5) is 0 Å². The van der Waals surface area contributed by atoms with Gasteiger partial charge in [0.05, 0.1) is 13.2 Å². The minimum Gasteiger partial charge on any atom is -0.493 e. The van der Waals surface area contributed by atoms with E-state index in [2.05, 4.69) is 12.1 Å². The standard InChI is InChI=1S/C20H20ClNO4/c21-17-7-8-18(16(14-17)13-15-5-2-1-3-6-15)25-11-4-12-26-22-19(23)9-10-20(22)24/h1-3,5-8,14H,4,9-13H2. The van der Waals surface area contributed by atoms with E-state index in [1.807, 2.05) is 30.3 Å². The van der Waals surface area contributed by atoms with Crippen molar-refractivity contribution in [1.82, 2.24) is 5.06 Å². The predicted molar refractivity (Wildman–Crippen MR) is 97.9 cm³/mol. The van der Waals surface area contributed by atoms with Crippen LogP contribution in [0.15, 0.2) is 48.5 Å². The summed E-state index contributed by atoms with van der Waals surface area (Å²) in [5.74, 6) is 0.212. The molecule has 2 aromatic rings. The first kappa shape index (κ1) is 18.4. The molecule has 3 rings (SSSR count). The van der Waals surface area contributed by atoms with Crippen LogP contribution in [0.2, 0.25) is 5.02 Å². The number of benzene rings is 2. The van der Waals surface area contributed by atoms with Crippen molar-refractivity contribution in [2.45, 2.75) is 25.7 Å². The van der Waals surface area contributed by atoms with Crippen molar-refractivity contribution in [2.75, 3.05) is 13.2 Å². The molecule has 0 aromatic heterocycles. The number of rotatable bonds is 8. The van der Waals surface area contributed by atoms with Gasteiger partial charge < -0.3 is 4.74 Å². The SMILES string of the molecule is O=C1CCC(=O)N1OCCCOc1ccc(Cl)cc1Cc1ccccc1. The largest absolute Gasteiger partial charge is 0.493 e. The molecule has 0 N–H and O–H groups in total. The minimum atomic E-state index is -0.279.